The molecule has 3 rings (SSSR count). The molecule has 2 aromatic rings. The second-order valence-corrected chi connectivity index (χ2v) is 5.06. The van der Waals surface area contributed by atoms with Gasteiger partial charge in [-0.25, -0.2) is 4.79 Å². The molecule has 0 amide bonds. The lowest BCUT2D eigenvalue weighted by Gasteiger charge is -2.10. The van der Waals surface area contributed by atoms with Crippen LogP contribution in [0.5, 0.6) is 0 Å². The molecule has 1 aromatic heterocycles. The Labute approximate surface area is 111 Å². The van der Waals surface area contributed by atoms with E-state index >= 15 is 0 Å². The summed E-state index contributed by atoms with van der Waals surface area (Å²) in [4.78, 5) is 13.9. The van der Waals surface area contributed by atoms with Gasteiger partial charge in [-0.3, -0.25) is 9.47 Å². The highest BCUT2D eigenvalue weighted by Gasteiger charge is 2.09. The Morgan fingerprint density at radius 3 is 2.89 bits per heavy atom. The molecule has 1 aromatic carbocycles. The summed E-state index contributed by atoms with van der Waals surface area (Å²) in [5, 5.41) is 0. The first-order chi connectivity index (χ1) is 9.24. The van der Waals surface area contributed by atoms with Gasteiger partial charge < -0.3 is 4.42 Å². The third-order valence-electron chi connectivity index (χ3n) is 3.69. The standard InChI is InChI=1S/C15H18N2O2/c1-16-13-7-6-12(11-14(13)19-15(16)18)5-4-10-17-8-2-3-9-17/h4-7,11H,2-3,8-10H2,1H3. The van der Waals surface area contributed by atoms with Gasteiger partial charge in [-0.1, -0.05) is 18.2 Å². The number of nitrogens with zero attached hydrogens (tertiary/aromatic N) is 2. The van der Waals surface area contributed by atoms with Gasteiger partial charge in [0.05, 0.1) is 5.52 Å². The molecule has 4 heteroatoms. The van der Waals surface area contributed by atoms with Crippen molar-refractivity contribution >= 4 is 17.2 Å². The quantitative estimate of drug-likeness (QED) is 0.847. The highest BCUT2D eigenvalue weighted by atomic mass is 16.4. The zero-order valence-electron chi connectivity index (χ0n) is 11.1. The van der Waals surface area contributed by atoms with Gasteiger partial charge in [0.1, 0.15) is 0 Å². The molecule has 0 spiro atoms. The van der Waals surface area contributed by atoms with E-state index in [4.69, 9.17) is 4.42 Å². The second kappa shape index (κ2) is 5.05. The van der Waals surface area contributed by atoms with Crippen molar-refractivity contribution in [2.45, 2.75) is 12.8 Å². The third kappa shape index (κ3) is 2.49. The van der Waals surface area contributed by atoms with E-state index in [0.717, 1.165) is 17.6 Å². The average molecular weight is 258 g/mol. The molecule has 1 fully saturated rings. The van der Waals surface area contributed by atoms with Gasteiger partial charge in [-0.05, 0) is 43.6 Å². The molecule has 0 radical (unpaired) electrons. The maximum Gasteiger partial charge on any atom is 0.419 e. The van der Waals surface area contributed by atoms with E-state index < -0.39 is 0 Å². The zero-order valence-corrected chi connectivity index (χ0v) is 11.1. The van der Waals surface area contributed by atoms with Gasteiger partial charge in [0.25, 0.3) is 0 Å². The normalized spacial score (nSPS) is 16.9. The Morgan fingerprint density at radius 1 is 1.32 bits per heavy atom. The van der Waals surface area contributed by atoms with Crippen LogP contribution in [0.15, 0.2) is 33.5 Å². The van der Waals surface area contributed by atoms with E-state index in [9.17, 15) is 4.79 Å². The predicted molar refractivity (Wildman–Crippen MR) is 76.2 cm³/mol. The van der Waals surface area contributed by atoms with Crippen LogP contribution in [0.3, 0.4) is 0 Å². The van der Waals surface area contributed by atoms with Crippen molar-refractivity contribution < 1.29 is 4.42 Å². The minimum atomic E-state index is -0.312. The monoisotopic (exact) mass is 258 g/mol. The van der Waals surface area contributed by atoms with Gasteiger partial charge in [0, 0.05) is 13.6 Å². The fourth-order valence-electron chi connectivity index (χ4n) is 2.56. The molecule has 1 aliphatic heterocycles. The van der Waals surface area contributed by atoms with Crippen molar-refractivity contribution in [2.75, 3.05) is 19.6 Å². The van der Waals surface area contributed by atoms with E-state index in [0.29, 0.717) is 5.58 Å². The molecule has 2 heterocycles. The number of fused-ring (bicyclic) bond motifs is 1. The molecular weight excluding hydrogens is 240 g/mol. The summed E-state index contributed by atoms with van der Waals surface area (Å²) < 4.78 is 6.70. The Kier molecular flexibility index (Phi) is 3.25. The summed E-state index contributed by atoms with van der Waals surface area (Å²) in [7, 11) is 1.72. The van der Waals surface area contributed by atoms with Crippen LogP contribution < -0.4 is 5.76 Å². The summed E-state index contributed by atoms with van der Waals surface area (Å²) in [6.45, 7) is 3.41. The van der Waals surface area contributed by atoms with Crippen LogP contribution in [0.25, 0.3) is 17.2 Å². The van der Waals surface area contributed by atoms with Gasteiger partial charge in [-0.2, -0.15) is 0 Å². The van der Waals surface area contributed by atoms with Crippen molar-refractivity contribution in [2.24, 2.45) is 7.05 Å². The molecule has 0 unspecified atom stereocenters. The average Bonchev–Trinajstić information content (AvgIpc) is 3.00. The van der Waals surface area contributed by atoms with Crippen LogP contribution >= 0.6 is 0 Å². The summed E-state index contributed by atoms with van der Waals surface area (Å²) in [6.07, 6.45) is 6.89. The van der Waals surface area contributed by atoms with Crippen molar-refractivity contribution in [3.8, 4) is 0 Å². The zero-order chi connectivity index (χ0) is 13.2. The fraction of sp³-hybridized carbons (Fsp3) is 0.400. The predicted octanol–water partition coefficient (Wildman–Crippen LogP) is 2.24. The van der Waals surface area contributed by atoms with Crippen molar-refractivity contribution in [3.05, 3.63) is 40.4 Å². The lowest BCUT2D eigenvalue weighted by atomic mass is 10.2. The summed E-state index contributed by atoms with van der Waals surface area (Å²) in [5.41, 5.74) is 2.55. The molecular formula is C15H18N2O2. The first-order valence-electron chi connectivity index (χ1n) is 6.72. The molecule has 0 atom stereocenters. The molecule has 100 valence electrons. The minimum Gasteiger partial charge on any atom is -0.408 e. The smallest absolute Gasteiger partial charge is 0.408 e. The Morgan fingerprint density at radius 2 is 2.11 bits per heavy atom. The number of aromatic nitrogens is 1. The lowest BCUT2D eigenvalue weighted by molar-refractivity contribution is 0.378. The number of oxazole rings is 1. The molecule has 0 saturated carbocycles. The van der Waals surface area contributed by atoms with E-state index in [1.807, 2.05) is 18.2 Å². The molecule has 1 aliphatic rings. The number of likely N-dealkylation sites (tertiary alicyclic amines) is 1. The van der Waals surface area contributed by atoms with Crippen molar-refractivity contribution in [1.82, 2.24) is 9.47 Å². The van der Waals surface area contributed by atoms with E-state index in [2.05, 4.69) is 17.1 Å². The number of hydrogen-bond donors (Lipinski definition) is 0. The summed E-state index contributed by atoms with van der Waals surface area (Å²) in [6, 6.07) is 5.85. The maximum atomic E-state index is 11.4. The highest BCUT2D eigenvalue weighted by molar-refractivity contribution is 5.76. The molecule has 0 bridgehead atoms. The molecule has 4 nitrogen and oxygen atoms in total. The van der Waals surface area contributed by atoms with Crippen LogP contribution in [-0.2, 0) is 7.05 Å². The van der Waals surface area contributed by atoms with Gasteiger partial charge >= 0.3 is 5.76 Å². The van der Waals surface area contributed by atoms with Crippen molar-refractivity contribution in [3.63, 3.8) is 0 Å². The van der Waals surface area contributed by atoms with Gasteiger partial charge in [0.2, 0.25) is 0 Å². The Bertz CT molecular complexity index is 660. The largest absolute Gasteiger partial charge is 0.419 e. The molecule has 19 heavy (non-hydrogen) atoms. The van der Waals surface area contributed by atoms with Crippen LogP contribution in [-0.4, -0.2) is 29.1 Å². The summed E-state index contributed by atoms with van der Waals surface area (Å²) >= 11 is 0. The third-order valence-corrected chi connectivity index (χ3v) is 3.69. The topological polar surface area (TPSA) is 38.4 Å². The first-order valence-corrected chi connectivity index (χ1v) is 6.72. The maximum absolute atomic E-state index is 11.4. The first kappa shape index (κ1) is 12.2. The van der Waals surface area contributed by atoms with Crippen molar-refractivity contribution in [1.29, 1.82) is 0 Å². The fourth-order valence-corrected chi connectivity index (χ4v) is 2.56. The second-order valence-electron chi connectivity index (χ2n) is 5.06. The van der Waals surface area contributed by atoms with Gasteiger partial charge in [0.15, 0.2) is 5.58 Å². The molecule has 1 saturated heterocycles. The lowest BCUT2D eigenvalue weighted by Crippen LogP contribution is -2.18. The number of aryl methyl sites for hydroxylation is 1. The van der Waals surface area contributed by atoms with Crippen LogP contribution in [0.4, 0.5) is 0 Å². The van der Waals surface area contributed by atoms with E-state index in [-0.39, 0.29) is 5.76 Å². The number of benzene rings is 1. The van der Waals surface area contributed by atoms with Crippen LogP contribution in [0.1, 0.15) is 18.4 Å². The minimum absolute atomic E-state index is 0.312. The summed E-state index contributed by atoms with van der Waals surface area (Å²) in [5.74, 6) is -0.312. The van der Waals surface area contributed by atoms with E-state index in [1.54, 1.807) is 7.05 Å². The highest BCUT2D eigenvalue weighted by Crippen LogP contribution is 2.15. The Balaban J connectivity index is 1.77. The van der Waals surface area contributed by atoms with Crippen LogP contribution in [0.2, 0.25) is 0 Å². The SMILES string of the molecule is Cn1c(=O)oc2cc(C=CCN3CCCC3)ccc21. The van der Waals surface area contributed by atoms with Gasteiger partial charge in [-0.15, -0.1) is 0 Å². The van der Waals surface area contributed by atoms with E-state index in [1.165, 1.54) is 30.5 Å². The number of rotatable bonds is 3. The molecule has 0 aliphatic carbocycles. The van der Waals surface area contributed by atoms with Crippen LogP contribution in [0, 0.1) is 0 Å². The molecule has 0 N–H and O–H groups in total. The number of hydrogen-bond acceptors (Lipinski definition) is 3. The Hall–Kier alpha value is -1.81.